The lowest BCUT2D eigenvalue weighted by atomic mass is 10.1. The van der Waals surface area contributed by atoms with E-state index in [4.69, 9.17) is 4.74 Å². The van der Waals surface area contributed by atoms with Crippen molar-refractivity contribution in [1.82, 2.24) is 5.32 Å². The van der Waals surface area contributed by atoms with Crippen LogP contribution in [0.3, 0.4) is 0 Å². The third-order valence-corrected chi connectivity index (χ3v) is 2.18. The van der Waals surface area contributed by atoms with Crippen LogP contribution in [0, 0.1) is 5.92 Å². The lowest BCUT2D eigenvalue weighted by molar-refractivity contribution is 0.122. The highest BCUT2D eigenvalue weighted by molar-refractivity contribution is 4.80. The summed E-state index contributed by atoms with van der Waals surface area (Å²) in [4.78, 5) is 0. The highest BCUT2D eigenvalue weighted by atomic mass is 16.5. The van der Waals surface area contributed by atoms with Crippen LogP contribution in [0.25, 0.3) is 0 Å². The van der Waals surface area contributed by atoms with E-state index in [9.17, 15) is 5.11 Å². The third-order valence-electron chi connectivity index (χ3n) is 2.18. The van der Waals surface area contributed by atoms with Crippen molar-refractivity contribution >= 4 is 0 Å². The van der Waals surface area contributed by atoms with E-state index < -0.39 is 0 Å². The largest absolute Gasteiger partial charge is 0.389 e. The molecule has 2 unspecified atom stereocenters. The maximum atomic E-state index is 9.37. The molecule has 0 amide bonds. The lowest BCUT2D eigenvalue weighted by Gasteiger charge is -2.14. The lowest BCUT2D eigenvalue weighted by Crippen LogP contribution is -2.39. The predicted octanol–water partition coefficient (Wildman–Crippen LogP) is 0.382. The predicted molar refractivity (Wildman–Crippen MR) is 48.1 cm³/mol. The molecule has 3 nitrogen and oxygen atoms in total. The first-order chi connectivity index (χ1) is 5.70. The fourth-order valence-corrected chi connectivity index (χ4v) is 1.30. The SMILES string of the molecule is CC(C)CCNC1COCC1O. The summed E-state index contributed by atoms with van der Waals surface area (Å²) < 4.78 is 5.11. The Morgan fingerprint density at radius 1 is 1.50 bits per heavy atom. The van der Waals surface area contributed by atoms with E-state index >= 15 is 0 Å². The molecule has 12 heavy (non-hydrogen) atoms. The standard InChI is InChI=1S/C9H19NO2/c1-7(2)3-4-10-8-5-12-6-9(8)11/h7-11H,3-6H2,1-2H3. The van der Waals surface area contributed by atoms with Crippen molar-refractivity contribution in [3.8, 4) is 0 Å². The Bertz CT molecular complexity index is 128. The average Bonchev–Trinajstić information content (AvgIpc) is 2.36. The van der Waals surface area contributed by atoms with Crippen LogP contribution < -0.4 is 5.32 Å². The molecule has 1 aliphatic heterocycles. The van der Waals surface area contributed by atoms with Crippen molar-refractivity contribution in [3.05, 3.63) is 0 Å². The third kappa shape index (κ3) is 3.09. The summed E-state index contributed by atoms with van der Waals surface area (Å²) in [5.41, 5.74) is 0. The van der Waals surface area contributed by atoms with Gasteiger partial charge in [0.1, 0.15) is 0 Å². The van der Waals surface area contributed by atoms with Crippen LogP contribution in [0.15, 0.2) is 0 Å². The molecule has 1 saturated heterocycles. The summed E-state index contributed by atoms with van der Waals surface area (Å²) >= 11 is 0. The van der Waals surface area contributed by atoms with Crippen molar-refractivity contribution in [2.75, 3.05) is 19.8 Å². The summed E-state index contributed by atoms with van der Waals surface area (Å²) in [5, 5.41) is 12.7. The molecule has 0 aliphatic carbocycles. The molecule has 0 saturated carbocycles. The van der Waals surface area contributed by atoms with Gasteiger partial charge in [0.25, 0.3) is 0 Å². The number of aliphatic hydroxyl groups excluding tert-OH is 1. The average molecular weight is 173 g/mol. The Morgan fingerprint density at radius 2 is 2.25 bits per heavy atom. The molecule has 1 fully saturated rings. The normalized spacial score (nSPS) is 30.0. The molecular weight excluding hydrogens is 154 g/mol. The van der Waals surface area contributed by atoms with E-state index in [-0.39, 0.29) is 12.1 Å². The second-order valence-electron chi connectivity index (χ2n) is 3.85. The van der Waals surface area contributed by atoms with Crippen LogP contribution in [0.5, 0.6) is 0 Å². The Morgan fingerprint density at radius 3 is 2.75 bits per heavy atom. The van der Waals surface area contributed by atoms with Gasteiger partial charge in [0, 0.05) is 0 Å². The molecule has 3 heteroatoms. The first kappa shape index (κ1) is 9.96. The minimum Gasteiger partial charge on any atom is -0.389 e. The van der Waals surface area contributed by atoms with Crippen molar-refractivity contribution in [2.45, 2.75) is 32.4 Å². The fraction of sp³-hybridized carbons (Fsp3) is 1.00. The van der Waals surface area contributed by atoms with Crippen LogP contribution in [-0.4, -0.2) is 37.0 Å². The molecular formula is C9H19NO2. The van der Waals surface area contributed by atoms with Crippen LogP contribution in [0.2, 0.25) is 0 Å². The summed E-state index contributed by atoms with van der Waals surface area (Å²) in [7, 11) is 0. The van der Waals surface area contributed by atoms with Gasteiger partial charge in [-0.3, -0.25) is 0 Å². The van der Waals surface area contributed by atoms with E-state index in [0.717, 1.165) is 18.9 Å². The minimum atomic E-state index is -0.308. The first-order valence-corrected chi connectivity index (χ1v) is 4.69. The molecule has 72 valence electrons. The van der Waals surface area contributed by atoms with E-state index in [2.05, 4.69) is 19.2 Å². The van der Waals surface area contributed by atoms with Gasteiger partial charge in [0.2, 0.25) is 0 Å². The maximum Gasteiger partial charge on any atom is 0.0948 e. The quantitative estimate of drug-likeness (QED) is 0.646. The molecule has 0 aromatic rings. The van der Waals surface area contributed by atoms with Crippen molar-refractivity contribution in [2.24, 2.45) is 5.92 Å². The molecule has 0 aromatic heterocycles. The van der Waals surface area contributed by atoms with E-state index in [1.807, 2.05) is 0 Å². The van der Waals surface area contributed by atoms with Gasteiger partial charge in [-0.15, -0.1) is 0 Å². The van der Waals surface area contributed by atoms with Crippen molar-refractivity contribution < 1.29 is 9.84 Å². The number of nitrogens with one attached hydrogen (secondary N) is 1. The topological polar surface area (TPSA) is 41.5 Å². The number of hydrogen-bond acceptors (Lipinski definition) is 3. The minimum absolute atomic E-state index is 0.156. The fourth-order valence-electron chi connectivity index (χ4n) is 1.30. The summed E-state index contributed by atoms with van der Waals surface area (Å²) in [6.07, 6.45) is 0.848. The number of rotatable bonds is 4. The van der Waals surface area contributed by atoms with Gasteiger partial charge in [-0.1, -0.05) is 13.8 Å². The Labute approximate surface area is 74.1 Å². The number of ether oxygens (including phenoxy) is 1. The first-order valence-electron chi connectivity index (χ1n) is 4.69. The summed E-state index contributed by atoms with van der Waals surface area (Å²) in [6.45, 7) is 6.51. The summed E-state index contributed by atoms with van der Waals surface area (Å²) in [5.74, 6) is 0.719. The van der Waals surface area contributed by atoms with E-state index in [1.165, 1.54) is 0 Å². The molecule has 1 aliphatic rings. The maximum absolute atomic E-state index is 9.37. The second-order valence-corrected chi connectivity index (χ2v) is 3.85. The molecule has 2 atom stereocenters. The van der Waals surface area contributed by atoms with Gasteiger partial charge in [-0.2, -0.15) is 0 Å². The molecule has 1 heterocycles. The van der Waals surface area contributed by atoms with Crippen LogP contribution in [-0.2, 0) is 4.74 Å². The van der Waals surface area contributed by atoms with Gasteiger partial charge in [0.05, 0.1) is 25.4 Å². The molecule has 0 radical (unpaired) electrons. The van der Waals surface area contributed by atoms with Gasteiger partial charge in [0.15, 0.2) is 0 Å². The molecule has 0 bridgehead atoms. The van der Waals surface area contributed by atoms with Crippen LogP contribution in [0.1, 0.15) is 20.3 Å². The zero-order valence-electron chi connectivity index (χ0n) is 7.92. The van der Waals surface area contributed by atoms with Crippen LogP contribution in [0.4, 0.5) is 0 Å². The van der Waals surface area contributed by atoms with Crippen molar-refractivity contribution in [1.29, 1.82) is 0 Å². The summed E-state index contributed by atoms with van der Waals surface area (Å²) in [6, 6.07) is 0.156. The van der Waals surface area contributed by atoms with Crippen molar-refractivity contribution in [3.63, 3.8) is 0 Å². The van der Waals surface area contributed by atoms with E-state index in [0.29, 0.717) is 13.2 Å². The number of aliphatic hydroxyl groups is 1. The van der Waals surface area contributed by atoms with Gasteiger partial charge < -0.3 is 15.2 Å². The second kappa shape index (κ2) is 4.80. The monoisotopic (exact) mass is 173 g/mol. The van der Waals surface area contributed by atoms with Gasteiger partial charge >= 0.3 is 0 Å². The van der Waals surface area contributed by atoms with Gasteiger partial charge in [-0.05, 0) is 18.9 Å². The molecule has 1 rings (SSSR count). The Balaban J connectivity index is 2.06. The smallest absolute Gasteiger partial charge is 0.0948 e. The van der Waals surface area contributed by atoms with E-state index in [1.54, 1.807) is 0 Å². The Hall–Kier alpha value is -0.120. The van der Waals surface area contributed by atoms with Gasteiger partial charge in [-0.25, -0.2) is 0 Å². The number of hydrogen-bond donors (Lipinski definition) is 2. The zero-order chi connectivity index (χ0) is 8.97. The highest BCUT2D eigenvalue weighted by Gasteiger charge is 2.24. The Kier molecular flexibility index (Phi) is 3.98. The molecule has 0 aromatic carbocycles. The van der Waals surface area contributed by atoms with Crippen LogP contribution >= 0.6 is 0 Å². The highest BCUT2D eigenvalue weighted by Crippen LogP contribution is 2.05. The molecule has 2 N–H and O–H groups in total. The zero-order valence-corrected chi connectivity index (χ0v) is 7.92. The molecule has 0 spiro atoms.